The average Bonchev–Trinajstić information content (AvgIpc) is 2.33. The van der Waals surface area contributed by atoms with Gasteiger partial charge in [-0.25, -0.2) is 9.59 Å². The molecule has 0 saturated carbocycles. The second-order valence-electron chi connectivity index (χ2n) is 4.87. The standard InChI is InChI=1S/C11H18N2O4S/c1-11(17-6-9(14)15)7-13(8-11)10(16)12-2-4-18-5-3-12/h2-8H2,1H3,(H,14,15). The highest BCUT2D eigenvalue weighted by molar-refractivity contribution is 7.99. The van der Waals surface area contributed by atoms with Crippen LogP contribution >= 0.6 is 11.8 Å². The predicted octanol–water partition coefficient (Wildman–Crippen LogP) is 0.331. The first-order chi connectivity index (χ1) is 8.50. The van der Waals surface area contributed by atoms with Crippen LogP contribution in [0.5, 0.6) is 0 Å². The van der Waals surface area contributed by atoms with Crippen LogP contribution in [-0.2, 0) is 9.53 Å². The molecule has 0 spiro atoms. The minimum Gasteiger partial charge on any atom is -0.480 e. The number of carbonyl (C=O) groups excluding carboxylic acids is 1. The number of carboxylic acids is 1. The summed E-state index contributed by atoms with van der Waals surface area (Å²) in [5, 5.41) is 8.56. The molecule has 2 amide bonds. The Morgan fingerprint density at radius 1 is 1.28 bits per heavy atom. The molecule has 0 unspecified atom stereocenters. The lowest BCUT2D eigenvalue weighted by Gasteiger charge is -2.48. The Hall–Kier alpha value is -0.950. The molecule has 2 fully saturated rings. The number of nitrogens with zero attached hydrogens (tertiary/aromatic N) is 2. The van der Waals surface area contributed by atoms with Gasteiger partial charge in [0.25, 0.3) is 0 Å². The highest BCUT2D eigenvalue weighted by Gasteiger charge is 2.44. The van der Waals surface area contributed by atoms with Gasteiger partial charge in [0, 0.05) is 24.6 Å². The van der Waals surface area contributed by atoms with Crippen molar-refractivity contribution >= 4 is 23.8 Å². The molecule has 7 heteroatoms. The van der Waals surface area contributed by atoms with E-state index in [9.17, 15) is 9.59 Å². The quantitative estimate of drug-likeness (QED) is 0.803. The van der Waals surface area contributed by atoms with Crippen LogP contribution in [-0.4, -0.2) is 76.8 Å². The normalized spacial score (nSPS) is 22.5. The van der Waals surface area contributed by atoms with Gasteiger partial charge < -0.3 is 19.6 Å². The van der Waals surface area contributed by atoms with E-state index in [-0.39, 0.29) is 12.6 Å². The number of thioether (sulfide) groups is 1. The van der Waals surface area contributed by atoms with Crippen molar-refractivity contribution in [3.05, 3.63) is 0 Å². The molecule has 1 N–H and O–H groups in total. The third-order valence-electron chi connectivity index (χ3n) is 3.15. The van der Waals surface area contributed by atoms with Gasteiger partial charge in [0.05, 0.1) is 13.1 Å². The summed E-state index contributed by atoms with van der Waals surface area (Å²) in [5.74, 6) is 1.01. The molecular weight excluding hydrogens is 256 g/mol. The number of ether oxygens (including phenoxy) is 1. The fourth-order valence-corrected chi connectivity index (χ4v) is 3.08. The summed E-state index contributed by atoms with van der Waals surface area (Å²) < 4.78 is 5.28. The first-order valence-corrected chi connectivity index (χ1v) is 7.13. The molecule has 18 heavy (non-hydrogen) atoms. The number of likely N-dealkylation sites (tertiary alicyclic amines) is 1. The number of hydrogen-bond acceptors (Lipinski definition) is 4. The number of aliphatic carboxylic acids is 1. The van der Waals surface area contributed by atoms with E-state index in [0.29, 0.717) is 13.1 Å². The number of amides is 2. The lowest BCUT2D eigenvalue weighted by Crippen LogP contribution is -2.66. The topological polar surface area (TPSA) is 70.1 Å². The smallest absolute Gasteiger partial charge is 0.329 e. The second kappa shape index (κ2) is 5.36. The Kier molecular flexibility index (Phi) is 4.01. The maximum absolute atomic E-state index is 12.1. The molecule has 102 valence electrons. The van der Waals surface area contributed by atoms with Gasteiger partial charge in [-0.1, -0.05) is 0 Å². The fourth-order valence-electron chi connectivity index (χ4n) is 2.18. The van der Waals surface area contributed by atoms with Gasteiger partial charge in [0.2, 0.25) is 0 Å². The summed E-state index contributed by atoms with van der Waals surface area (Å²) in [6, 6.07) is 0.0479. The van der Waals surface area contributed by atoms with Gasteiger partial charge in [-0.15, -0.1) is 0 Å². The van der Waals surface area contributed by atoms with Crippen molar-refractivity contribution in [3.63, 3.8) is 0 Å². The molecule has 0 atom stereocenters. The third-order valence-corrected chi connectivity index (χ3v) is 4.09. The third kappa shape index (κ3) is 3.08. The van der Waals surface area contributed by atoms with E-state index in [2.05, 4.69) is 0 Å². The Morgan fingerprint density at radius 3 is 2.44 bits per heavy atom. The summed E-state index contributed by atoms with van der Waals surface area (Å²) in [6.45, 7) is 4.08. The molecule has 0 aromatic rings. The summed E-state index contributed by atoms with van der Waals surface area (Å²) >= 11 is 1.86. The van der Waals surface area contributed by atoms with Gasteiger partial charge in [0.1, 0.15) is 12.2 Å². The largest absolute Gasteiger partial charge is 0.480 e. The number of urea groups is 1. The average molecular weight is 274 g/mol. The van der Waals surface area contributed by atoms with Gasteiger partial charge in [-0.3, -0.25) is 0 Å². The highest BCUT2D eigenvalue weighted by Crippen LogP contribution is 2.26. The van der Waals surface area contributed by atoms with E-state index < -0.39 is 11.6 Å². The van der Waals surface area contributed by atoms with Crippen LogP contribution in [0.15, 0.2) is 0 Å². The summed E-state index contributed by atoms with van der Waals surface area (Å²) in [5.41, 5.74) is -0.501. The van der Waals surface area contributed by atoms with E-state index in [1.54, 1.807) is 4.90 Å². The van der Waals surface area contributed by atoms with Crippen molar-refractivity contribution in [2.45, 2.75) is 12.5 Å². The number of hydrogen-bond donors (Lipinski definition) is 1. The molecule has 0 bridgehead atoms. The molecular formula is C11H18N2O4S. The molecule has 2 aliphatic rings. The lowest BCUT2D eigenvalue weighted by atomic mass is 9.97. The molecule has 0 aliphatic carbocycles. The molecule has 2 rings (SSSR count). The molecule has 0 aromatic heterocycles. The second-order valence-corrected chi connectivity index (χ2v) is 6.10. The molecule has 2 heterocycles. The van der Waals surface area contributed by atoms with Crippen LogP contribution in [0.4, 0.5) is 4.79 Å². The van der Waals surface area contributed by atoms with Crippen molar-refractivity contribution in [2.24, 2.45) is 0 Å². The Balaban J connectivity index is 1.77. The predicted molar refractivity (Wildman–Crippen MR) is 67.9 cm³/mol. The van der Waals surface area contributed by atoms with Crippen LogP contribution in [0.3, 0.4) is 0 Å². The van der Waals surface area contributed by atoms with Crippen LogP contribution in [0.25, 0.3) is 0 Å². The zero-order valence-electron chi connectivity index (χ0n) is 10.4. The van der Waals surface area contributed by atoms with Crippen molar-refractivity contribution in [2.75, 3.05) is 44.3 Å². The first kappa shape index (κ1) is 13.5. The number of carbonyl (C=O) groups is 2. The van der Waals surface area contributed by atoms with E-state index in [4.69, 9.17) is 9.84 Å². The Morgan fingerprint density at radius 2 is 1.89 bits per heavy atom. The van der Waals surface area contributed by atoms with Crippen molar-refractivity contribution in [3.8, 4) is 0 Å². The maximum Gasteiger partial charge on any atom is 0.329 e. The van der Waals surface area contributed by atoms with Crippen LogP contribution in [0.2, 0.25) is 0 Å². The molecule has 6 nitrogen and oxygen atoms in total. The highest BCUT2D eigenvalue weighted by atomic mass is 32.2. The van der Waals surface area contributed by atoms with Crippen molar-refractivity contribution in [1.82, 2.24) is 9.80 Å². The Labute approximate surface area is 110 Å². The lowest BCUT2D eigenvalue weighted by molar-refractivity contribution is -0.160. The van der Waals surface area contributed by atoms with E-state index >= 15 is 0 Å². The number of carboxylic acid groups (broad SMARTS) is 1. The van der Waals surface area contributed by atoms with Gasteiger partial charge in [0.15, 0.2) is 0 Å². The first-order valence-electron chi connectivity index (χ1n) is 5.97. The molecule has 0 aromatic carbocycles. The molecule has 2 saturated heterocycles. The summed E-state index contributed by atoms with van der Waals surface area (Å²) in [4.78, 5) is 26.1. The van der Waals surface area contributed by atoms with E-state index in [0.717, 1.165) is 24.6 Å². The van der Waals surface area contributed by atoms with Crippen LogP contribution < -0.4 is 0 Å². The molecule has 2 aliphatic heterocycles. The summed E-state index contributed by atoms with van der Waals surface area (Å²) in [6.07, 6.45) is 0. The summed E-state index contributed by atoms with van der Waals surface area (Å²) in [7, 11) is 0. The van der Waals surface area contributed by atoms with Gasteiger partial charge in [-0.05, 0) is 6.92 Å². The van der Waals surface area contributed by atoms with E-state index in [1.807, 2.05) is 23.6 Å². The Bertz CT molecular complexity index is 338. The van der Waals surface area contributed by atoms with E-state index in [1.165, 1.54) is 0 Å². The van der Waals surface area contributed by atoms with Crippen molar-refractivity contribution in [1.29, 1.82) is 0 Å². The number of rotatable bonds is 3. The van der Waals surface area contributed by atoms with Gasteiger partial charge in [-0.2, -0.15) is 11.8 Å². The van der Waals surface area contributed by atoms with Crippen LogP contribution in [0, 0.1) is 0 Å². The maximum atomic E-state index is 12.1. The van der Waals surface area contributed by atoms with Crippen molar-refractivity contribution < 1.29 is 19.4 Å². The minimum absolute atomic E-state index is 0.0479. The fraction of sp³-hybridized carbons (Fsp3) is 0.818. The van der Waals surface area contributed by atoms with Crippen LogP contribution in [0.1, 0.15) is 6.92 Å². The zero-order valence-corrected chi connectivity index (χ0v) is 11.2. The van der Waals surface area contributed by atoms with Gasteiger partial charge >= 0.3 is 12.0 Å². The minimum atomic E-state index is -0.978. The SMILES string of the molecule is CC1(OCC(=O)O)CN(C(=O)N2CCSCC2)C1. The molecule has 0 radical (unpaired) electrons. The zero-order chi connectivity index (χ0) is 13.2. The monoisotopic (exact) mass is 274 g/mol.